The number of nitrogens with one attached hydrogen (secondary N) is 3. The topological polar surface area (TPSA) is 78.5 Å². The van der Waals surface area contributed by atoms with Gasteiger partial charge in [-0.3, -0.25) is 4.99 Å². The molecule has 0 atom stereocenters. The van der Waals surface area contributed by atoms with Crippen molar-refractivity contribution in [3.8, 4) is 0 Å². The molecule has 1 aliphatic heterocycles. The standard InChI is InChI=1S/C13H14N4O2/c1-19-12(18)10-7-9(17-13-15-4-5-16-13)6-8-2-3-14-11(8)10/h2-3,6-7,14H,4-5H2,1H3,(H2,15,16,17). The number of aliphatic imine (C=N–C) groups is 1. The van der Waals surface area contributed by atoms with Crippen LogP contribution in [0.2, 0.25) is 0 Å². The van der Waals surface area contributed by atoms with Crippen LogP contribution in [0, 0.1) is 0 Å². The Balaban J connectivity index is 2.02. The van der Waals surface area contributed by atoms with E-state index in [1.54, 1.807) is 12.3 Å². The van der Waals surface area contributed by atoms with E-state index in [0.717, 1.165) is 35.6 Å². The maximum Gasteiger partial charge on any atom is 0.340 e. The lowest BCUT2D eigenvalue weighted by Gasteiger charge is -2.09. The minimum absolute atomic E-state index is 0.364. The summed E-state index contributed by atoms with van der Waals surface area (Å²) in [5.41, 5.74) is 2.09. The predicted octanol–water partition coefficient (Wildman–Crippen LogP) is 1.33. The fourth-order valence-electron chi connectivity index (χ4n) is 2.13. The van der Waals surface area contributed by atoms with E-state index in [1.807, 2.05) is 12.1 Å². The number of nitrogens with zero attached hydrogens (tertiary/aromatic N) is 1. The number of hydrogen-bond donors (Lipinski definition) is 3. The molecule has 0 fully saturated rings. The van der Waals surface area contributed by atoms with Gasteiger partial charge in [-0.2, -0.15) is 0 Å². The van der Waals surface area contributed by atoms with E-state index in [2.05, 4.69) is 20.6 Å². The Labute approximate surface area is 109 Å². The van der Waals surface area contributed by atoms with Gasteiger partial charge in [-0.1, -0.05) is 0 Å². The Hall–Kier alpha value is -2.50. The highest BCUT2D eigenvalue weighted by Gasteiger charge is 2.14. The molecular weight excluding hydrogens is 244 g/mol. The number of aromatic amines is 1. The van der Waals surface area contributed by atoms with Crippen LogP contribution in [0.15, 0.2) is 29.4 Å². The summed E-state index contributed by atoms with van der Waals surface area (Å²) in [7, 11) is 1.37. The maximum atomic E-state index is 11.8. The van der Waals surface area contributed by atoms with Crippen molar-refractivity contribution in [3.05, 3.63) is 30.0 Å². The highest BCUT2D eigenvalue weighted by atomic mass is 16.5. The van der Waals surface area contributed by atoms with E-state index in [0.29, 0.717) is 5.56 Å². The Morgan fingerprint density at radius 3 is 3.11 bits per heavy atom. The molecule has 0 amide bonds. The third-order valence-corrected chi connectivity index (χ3v) is 3.00. The van der Waals surface area contributed by atoms with E-state index in [4.69, 9.17) is 4.74 Å². The summed E-state index contributed by atoms with van der Waals surface area (Å²) in [5, 5.41) is 7.23. The van der Waals surface area contributed by atoms with Crippen LogP contribution in [0.4, 0.5) is 5.69 Å². The summed E-state index contributed by atoms with van der Waals surface area (Å²) in [5.74, 6) is 0.364. The molecule has 3 rings (SSSR count). The van der Waals surface area contributed by atoms with Gasteiger partial charge in [0.1, 0.15) is 0 Å². The van der Waals surface area contributed by atoms with Crippen molar-refractivity contribution in [2.45, 2.75) is 0 Å². The Kier molecular flexibility index (Phi) is 2.83. The lowest BCUT2D eigenvalue weighted by Crippen LogP contribution is -2.26. The summed E-state index contributed by atoms with van der Waals surface area (Å²) in [6.45, 7) is 1.59. The zero-order chi connectivity index (χ0) is 13.2. The third kappa shape index (κ3) is 2.12. The molecule has 1 aromatic carbocycles. The summed E-state index contributed by atoms with van der Waals surface area (Å²) in [6.07, 6.45) is 1.80. The molecule has 0 saturated carbocycles. The Bertz CT molecular complexity index is 660. The number of benzene rings is 1. The second-order valence-corrected chi connectivity index (χ2v) is 4.24. The number of carbonyl (C=O) groups is 1. The van der Waals surface area contributed by atoms with Crippen molar-refractivity contribution in [1.82, 2.24) is 10.3 Å². The second kappa shape index (κ2) is 4.64. The first-order chi connectivity index (χ1) is 9.28. The van der Waals surface area contributed by atoms with Crippen LogP contribution in [-0.2, 0) is 4.74 Å². The highest BCUT2D eigenvalue weighted by molar-refractivity contribution is 6.06. The summed E-state index contributed by atoms with van der Waals surface area (Å²) < 4.78 is 4.81. The number of carbonyl (C=O) groups excluding carboxylic acids is 1. The molecule has 0 bridgehead atoms. The first-order valence-corrected chi connectivity index (χ1v) is 6.03. The van der Waals surface area contributed by atoms with Crippen molar-refractivity contribution in [3.63, 3.8) is 0 Å². The third-order valence-electron chi connectivity index (χ3n) is 3.00. The average molecular weight is 258 g/mol. The van der Waals surface area contributed by atoms with E-state index in [1.165, 1.54) is 7.11 Å². The zero-order valence-electron chi connectivity index (χ0n) is 10.5. The van der Waals surface area contributed by atoms with Crippen molar-refractivity contribution >= 4 is 28.5 Å². The van der Waals surface area contributed by atoms with Crippen LogP contribution in [0.25, 0.3) is 10.9 Å². The van der Waals surface area contributed by atoms with Gasteiger partial charge in [0.2, 0.25) is 0 Å². The molecule has 1 aromatic heterocycles. The minimum atomic E-state index is -0.364. The van der Waals surface area contributed by atoms with Gasteiger partial charge in [0.05, 0.1) is 24.7 Å². The van der Waals surface area contributed by atoms with Gasteiger partial charge in [-0.05, 0) is 18.2 Å². The van der Waals surface area contributed by atoms with Gasteiger partial charge in [0.25, 0.3) is 0 Å². The quantitative estimate of drug-likeness (QED) is 0.710. The Morgan fingerprint density at radius 1 is 1.47 bits per heavy atom. The van der Waals surface area contributed by atoms with Crippen LogP contribution in [0.5, 0.6) is 0 Å². The molecule has 0 spiro atoms. The fourth-order valence-corrected chi connectivity index (χ4v) is 2.13. The summed E-state index contributed by atoms with van der Waals surface area (Å²) >= 11 is 0. The smallest absolute Gasteiger partial charge is 0.340 e. The van der Waals surface area contributed by atoms with Crippen molar-refractivity contribution in [2.75, 3.05) is 25.5 Å². The molecule has 98 valence electrons. The van der Waals surface area contributed by atoms with Crippen LogP contribution in [0.3, 0.4) is 0 Å². The van der Waals surface area contributed by atoms with E-state index in [-0.39, 0.29) is 5.97 Å². The van der Waals surface area contributed by atoms with Crippen LogP contribution in [-0.4, -0.2) is 37.1 Å². The molecule has 2 aromatic rings. The maximum absolute atomic E-state index is 11.8. The molecule has 6 heteroatoms. The summed E-state index contributed by atoms with van der Waals surface area (Å²) in [6, 6.07) is 5.63. The zero-order valence-corrected chi connectivity index (χ0v) is 10.5. The van der Waals surface area contributed by atoms with Crippen LogP contribution < -0.4 is 10.6 Å². The normalized spacial score (nSPS) is 14.1. The van der Waals surface area contributed by atoms with Gasteiger partial charge in [-0.15, -0.1) is 0 Å². The number of fused-ring (bicyclic) bond motifs is 1. The number of methoxy groups -OCH3 is 1. The van der Waals surface area contributed by atoms with Gasteiger partial charge in [-0.25, -0.2) is 4.79 Å². The number of aromatic nitrogens is 1. The minimum Gasteiger partial charge on any atom is -0.465 e. The van der Waals surface area contributed by atoms with Crippen LogP contribution >= 0.6 is 0 Å². The van der Waals surface area contributed by atoms with Gasteiger partial charge >= 0.3 is 5.97 Å². The molecule has 0 aliphatic carbocycles. The second-order valence-electron chi connectivity index (χ2n) is 4.24. The van der Waals surface area contributed by atoms with Gasteiger partial charge in [0, 0.05) is 23.8 Å². The first kappa shape index (κ1) is 11.6. The first-order valence-electron chi connectivity index (χ1n) is 6.03. The molecule has 0 unspecified atom stereocenters. The molecular formula is C13H14N4O2. The number of rotatable bonds is 2. The van der Waals surface area contributed by atoms with E-state index in [9.17, 15) is 4.79 Å². The molecule has 19 heavy (non-hydrogen) atoms. The SMILES string of the molecule is COC(=O)c1cc(NC2=NCCN2)cc2cc[nH]c12. The lowest BCUT2D eigenvalue weighted by molar-refractivity contribution is 0.0603. The molecule has 6 nitrogen and oxygen atoms in total. The average Bonchev–Trinajstić information content (AvgIpc) is 3.07. The van der Waals surface area contributed by atoms with E-state index < -0.39 is 0 Å². The number of esters is 1. The molecule has 2 heterocycles. The molecule has 0 saturated heterocycles. The monoisotopic (exact) mass is 258 g/mol. The van der Waals surface area contributed by atoms with Crippen molar-refractivity contribution < 1.29 is 9.53 Å². The molecule has 0 radical (unpaired) electrons. The van der Waals surface area contributed by atoms with Crippen molar-refractivity contribution in [2.24, 2.45) is 4.99 Å². The largest absolute Gasteiger partial charge is 0.465 e. The predicted molar refractivity (Wildman–Crippen MR) is 73.6 cm³/mol. The molecule has 1 aliphatic rings. The molecule has 3 N–H and O–H groups in total. The van der Waals surface area contributed by atoms with Gasteiger partial charge < -0.3 is 20.4 Å². The van der Waals surface area contributed by atoms with E-state index >= 15 is 0 Å². The number of H-pyrrole nitrogens is 1. The van der Waals surface area contributed by atoms with Crippen LogP contribution in [0.1, 0.15) is 10.4 Å². The summed E-state index contributed by atoms with van der Waals surface area (Å²) in [4.78, 5) is 19.1. The number of ether oxygens (including phenoxy) is 1. The fraction of sp³-hybridized carbons (Fsp3) is 0.231. The number of guanidine groups is 1. The Morgan fingerprint density at radius 2 is 2.37 bits per heavy atom. The highest BCUT2D eigenvalue weighted by Crippen LogP contribution is 2.23. The van der Waals surface area contributed by atoms with Crippen molar-refractivity contribution in [1.29, 1.82) is 0 Å². The number of anilines is 1. The van der Waals surface area contributed by atoms with Gasteiger partial charge in [0.15, 0.2) is 5.96 Å². The number of hydrogen-bond acceptors (Lipinski definition) is 5. The lowest BCUT2D eigenvalue weighted by atomic mass is 10.1.